The van der Waals surface area contributed by atoms with E-state index in [0.717, 1.165) is 0 Å². The average Bonchev–Trinajstić information content (AvgIpc) is 3.10. The third-order valence-corrected chi connectivity index (χ3v) is 3.97. The summed E-state index contributed by atoms with van der Waals surface area (Å²) in [5.74, 6) is -0.925. The molecule has 0 spiro atoms. The molecule has 2 aromatic heterocycles. The Hall–Kier alpha value is -3.00. The van der Waals surface area contributed by atoms with Gasteiger partial charge in [0.15, 0.2) is 0 Å². The lowest BCUT2D eigenvalue weighted by Gasteiger charge is -2.08. The van der Waals surface area contributed by atoms with Crippen LogP contribution in [0.2, 0.25) is 0 Å². The van der Waals surface area contributed by atoms with Gasteiger partial charge in [0.2, 0.25) is 0 Å². The number of hydrogen-bond donors (Lipinski definition) is 2. The number of hydrogen-bond acceptors (Lipinski definition) is 5. The van der Waals surface area contributed by atoms with E-state index in [1.807, 2.05) is 0 Å². The van der Waals surface area contributed by atoms with Crippen LogP contribution in [0.5, 0.6) is 0 Å². The Kier molecular flexibility index (Phi) is 4.15. The fourth-order valence-corrected chi connectivity index (χ4v) is 2.63. The predicted octanol–water partition coefficient (Wildman–Crippen LogP) is 0.919. The molecule has 3 aromatic rings. The molecule has 2 N–H and O–H groups in total. The van der Waals surface area contributed by atoms with Gasteiger partial charge in [-0.1, -0.05) is 18.2 Å². The van der Waals surface area contributed by atoms with Gasteiger partial charge in [-0.05, 0) is 23.6 Å². The molecule has 0 fully saturated rings. The van der Waals surface area contributed by atoms with Gasteiger partial charge in [0.1, 0.15) is 6.54 Å². The number of rotatable bonds is 3. The number of carbonyl (C=O) groups is 2. The second kappa shape index (κ2) is 6.41. The Labute approximate surface area is 134 Å². The zero-order valence-corrected chi connectivity index (χ0v) is 12.7. The molecule has 2 heterocycles. The van der Waals surface area contributed by atoms with Crippen molar-refractivity contribution in [1.29, 1.82) is 0 Å². The van der Waals surface area contributed by atoms with Gasteiger partial charge in [-0.2, -0.15) is 0 Å². The average molecular weight is 328 g/mol. The third-order valence-electron chi connectivity index (χ3n) is 3.11. The number of carbonyl (C=O) groups excluding carboxylic acids is 2. The van der Waals surface area contributed by atoms with Crippen molar-refractivity contribution >= 4 is 34.1 Å². The van der Waals surface area contributed by atoms with Gasteiger partial charge in [-0.3, -0.25) is 29.8 Å². The first-order valence-corrected chi connectivity index (χ1v) is 7.60. The van der Waals surface area contributed by atoms with Gasteiger partial charge < -0.3 is 0 Å². The Bertz CT molecular complexity index is 918. The van der Waals surface area contributed by atoms with Gasteiger partial charge in [-0.25, -0.2) is 4.98 Å². The molecule has 7 nitrogen and oxygen atoms in total. The second-order valence-corrected chi connectivity index (χ2v) is 5.62. The number of nitrogens with zero attached hydrogens (tertiary/aromatic N) is 2. The molecule has 0 aliphatic heterocycles. The van der Waals surface area contributed by atoms with Crippen molar-refractivity contribution in [2.75, 3.05) is 0 Å². The lowest BCUT2D eigenvalue weighted by atomic mass is 10.2. The SMILES string of the molecule is O=C(Cn1cnc2ccccc2c1=O)NNC(=O)c1cccs1. The number of thiophene rings is 1. The Balaban J connectivity index is 1.67. The van der Waals surface area contributed by atoms with Gasteiger partial charge >= 0.3 is 0 Å². The predicted molar refractivity (Wildman–Crippen MR) is 85.9 cm³/mol. The lowest BCUT2D eigenvalue weighted by Crippen LogP contribution is -2.44. The minimum Gasteiger partial charge on any atom is -0.289 e. The van der Waals surface area contributed by atoms with Gasteiger partial charge in [0.05, 0.1) is 22.1 Å². The van der Waals surface area contributed by atoms with E-state index < -0.39 is 11.8 Å². The molecule has 0 aliphatic carbocycles. The first-order chi connectivity index (χ1) is 11.1. The van der Waals surface area contributed by atoms with Crippen molar-refractivity contribution in [2.45, 2.75) is 6.54 Å². The first-order valence-electron chi connectivity index (χ1n) is 6.72. The number of hydrazine groups is 1. The lowest BCUT2D eigenvalue weighted by molar-refractivity contribution is -0.122. The number of amides is 2. The quantitative estimate of drug-likeness (QED) is 0.699. The van der Waals surface area contributed by atoms with Crippen LogP contribution in [0.1, 0.15) is 9.67 Å². The van der Waals surface area contributed by atoms with Crippen LogP contribution in [-0.2, 0) is 11.3 Å². The van der Waals surface area contributed by atoms with Crippen LogP contribution in [0, 0.1) is 0 Å². The van der Waals surface area contributed by atoms with Crippen LogP contribution >= 0.6 is 11.3 Å². The number of aromatic nitrogens is 2. The van der Waals surface area contributed by atoms with E-state index >= 15 is 0 Å². The highest BCUT2D eigenvalue weighted by Gasteiger charge is 2.10. The molecule has 0 atom stereocenters. The van der Waals surface area contributed by atoms with Crippen molar-refractivity contribution < 1.29 is 9.59 Å². The molecule has 1 aromatic carbocycles. The molecule has 8 heteroatoms. The van der Waals surface area contributed by atoms with Crippen LogP contribution in [-0.4, -0.2) is 21.4 Å². The molecule has 0 saturated carbocycles. The molecule has 23 heavy (non-hydrogen) atoms. The first kappa shape index (κ1) is 14.9. The molecule has 0 bridgehead atoms. The van der Waals surface area contributed by atoms with Gasteiger partial charge in [-0.15, -0.1) is 11.3 Å². The van der Waals surface area contributed by atoms with E-state index in [2.05, 4.69) is 15.8 Å². The monoisotopic (exact) mass is 328 g/mol. The normalized spacial score (nSPS) is 10.4. The molecule has 2 amide bonds. The Morgan fingerprint density at radius 1 is 1.13 bits per heavy atom. The highest BCUT2D eigenvalue weighted by Crippen LogP contribution is 2.07. The standard InChI is InChI=1S/C15H12N4O3S/c20-13(17-18-14(21)12-6-3-7-23-12)8-19-9-16-11-5-2-1-4-10(11)15(19)22/h1-7,9H,8H2,(H,17,20)(H,18,21). The highest BCUT2D eigenvalue weighted by atomic mass is 32.1. The third kappa shape index (κ3) is 3.27. The number of benzene rings is 1. The molecule has 0 unspecified atom stereocenters. The van der Waals surface area contributed by atoms with Crippen molar-refractivity contribution in [3.05, 3.63) is 63.3 Å². The molecule has 116 valence electrons. The molecule has 0 saturated heterocycles. The van der Waals surface area contributed by atoms with Gasteiger partial charge in [0, 0.05) is 0 Å². The zero-order valence-electron chi connectivity index (χ0n) is 11.9. The summed E-state index contributed by atoms with van der Waals surface area (Å²) in [6.07, 6.45) is 1.31. The van der Waals surface area contributed by atoms with Crippen LogP contribution in [0.25, 0.3) is 10.9 Å². The summed E-state index contributed by atoms with van der Waals surface area (Å²) in [7, 11) is 0. The van der Waals surface area contributed by atoms with Gasteiger partial charge in [0.25, 0.3) is 17.4 Å². The summed E-state index contributed by atoms with van der Waals surface area (Å²) in [5, 5.41) is 2.20. The Morgan fingerprint density at radius 2 is 1.96 bits per heavy atom. The molecular weight excluding hydrogens is 316 g/mol. The van der Waals surface area contributed by atoms with Crippen LogP contribution in [0.4, 0.5) is 0 Å². The fourth-order valence-electron chi connectivity index (χ4n) is 2.01. The summed E-state index contributed by atoms with van der Waals surface area (Å²) in [4.78, 5) is 40.4. The van der Waals surface area contributed by atoms with Crippen molar-refractivity contribution in [3.8, 4) is 0 Å². The maximum absolute atomic E-state index is 12.2. The summed E-state index contributed by atoms with van der Waals surface area (Å²) in [6.45, 7) is -0.235. The van der Waals surface area contributed by atoms with Crippen molar-refractivity contribution in [1.82, 2.24) is 20.4 Å². The van der Waals surface area contributed by atoms with E-state index in [1.54, 1.807) is 41.8 Å². The zero-order chi connectivity index (χ0) is 16.2. The van der Waals surface area contributed by atoms with E-state index in [0.29, 0.717) is 15.8 Å². The van der Waals surface area contributed by atoms with E-state index in [-0.39, 0.29) is 12.1 Å². The summed E-state index contributed by atoms with van der Waals surface area (Å²) in [5.41, 5.74) is 4.83. The number of nitrogens with one attached hydrogen (secondary N) is 2. The Morgan fingerprint density at radius 3 is 2.74 bits per heavy atom. The largest absolute Gasteiger partial charge is 0.289 e. The molecule has 3 rings (SSSR count). The minimum atomic E-state index is -0.519. The van der Waals surface area contributed by atoms with Crippen LogP contribution in [0.15, 0.2) is 52.9 Å². The van der Waals surface area contributed by atoms with Crippen molar-refractivity contribution in [2.24, 2.45) is 0 Å². The van der Waals surface area contributed by atoms with E-state index in [4.69, 9.17) is 0 Å². The molecule has 0 aliphatic rings. The minimum absolute atomic E-state index is 0.235. The second-order valence-electron chi connectivity index (χ2n) is 4.67. The summed E-state index contributed by atoms with van der Waals surface area (Å²) in [6, 6.07) is 10.3. The molecule has 0 radical (unpaired) electrons. The fraction of sp³-hybridized carbons (Fsp3) is 0.0667. The topological polar surface area (TPSA) is 93.1 Å². The smallest absolute Gasteiger partial charge is 0.279 e. The van der Waals surface area contributed by atoms with E-state index in [9.17, 15) is 14.4 Å². The molecular formula is C15H12N4O3S. The number of para-hydroxylation sites is 1. The number of fused-ring (bicyclic) bond motifs is 1. The highest BCUT2D eigenvalue weighted by molar-refractivity contribution is 7.12. The van der Waals surface area contributed by atoms with E-state index in [1.165, 1.54) is 22.2 Å². The van der Waals surface area contributed by atoms with Crippen molar-refractivity contribution in [3.63, 3.8) is 0 Å². The summed E-state index contributed by atoms with van der Waals surface area (Å²) < 4.78 is 1.19. The summed E-state index contributed by atoms with van der Waals surface area (Å²) >= 11 is 1.26. The maximum atomic E-state index is 12.2. The van der Waals surface area contributed by atoms with Crippen LogP contribution in [0.3, 0.4) is 0 Å². The maximum Gasteiger partial charge on any atom is 0.279 e. The van der Waals surface area contributed by atoms with Crippen LogP contribution < -0.4 is 16.4 Å².